The average molecular weight is 452 g/mol. The second kappa shape index (κ2) is 12.0. The fourth-order valence-corrected chi connectivity index (χ4v) is 3.00. The van der Waals surface area contributed by atoms with Gasteiger partial charge in [-0.15, -0.1) is 24.0 Å². The van der Waals surface area contributed by atoms with Crippen LogP contribution in [0.5, 0.6) is 0 Å². The van der Waals surface area contributed by atoms with Crippen molar-refractivity contribution in [3.63, 3.8) is 0 Å². The molecule has 2 N–H and O–H groups in total. The Bertz CT molecular complexity index is 437. The van der Waals surface area contributed by atoms with Crippen LogP contribution in [0.1, 0.15) is 25.3 Å². The Morgan fingerprint density at radius 2 is 2.22 bits per heavy atom. The van der Waals surface area contributed by atoms with E-state index in [1.807, 2.05) is 0 Å². The molecule has 1 saturated carbocycles. The number of hydrogen-bond donors (Lipinski definition) is 2. The van der Waals surface area contributed by atoms with E-state index in [0.717, 1.165) is 51.3 Å². The van der Waals surface area contributed by atoms with Crippen molar-refractivity contribution in [1.82, 2.24) is 15.5 Å². The van der Waals surface area contributed by atoms with E-state index in [-0.39, 0.29) is 24.0 Å². The fraction of sp³-hybridized carbons (Fsp3) is 0.688. The van der Waals surface area contributed by atoms with E-state index in [1.165, 1.54) is 18.4 Å². The molecule has 0 aliphatic heterocycles. The maximum Gasteiger partial charge on any atom is 0.191 e. The van der Waals surface area contributed by atoms with Gasteiger partial charge in [0.25, 0.3) is 0 Å². The highest BCUT2D eigenvalue weighted by atomic mass is 127. The molecule has 0 bridgehead atoms. The van der Waals surface area contributed by atoms with Gasteiger partial charge in [-0.05, 0) is 42.2 Å². The molecule has 1 fully saturated rings. The third-order valence-corrected chi connectivity index (χ3v) is 4.41. The van der Waals surface area contributed by atoms with Crippen LogP contribution < -0.4 is 10.6 Å². The molecule has 5 nitrogen and oxygen atoms in total. The third-order valence-electron chi connectivity index (χ3n) is 3.68. The summed E-state index contributed by atoms with van der Waals surface area (Å²) in [5.41, 5.74) is 1.27. The third kappa shape index (κ3) is 8.32. The molecular formula is C16H29IN4OS. The number of aliphatic imine (C=N–C) groups is 1. The molecule has 1 aromatic rings. The SMILES string of the molecule is CCNC(=NCc1ccsc1)NCCN(CCOC)C1CC1.I. The molecule has 1 heterocycles. The van der Waals surface area contributed by atoms with Crippen LogP contribution in [0.2, 0.25) is 0 Å². The number of thiophene rings is 1. The van der Waals surface area contributed by atoms with Gasteiger partial charge < -0.3 is 15.4 Å². The standard InChI is InChI=1S/C16H28N4OS.HI/c1-3-17-16(19-12-14-6-11-22-13-14)18-7-8-20(9-10-21-2)15-4-5-15;/h6,11,13,15H,3-5,7-10,12H2,1-2H3,(H2,17,18,19);1H. The van der Waals surface area contributed by atoms with Crippen LogP contribution in [0.4, 0.5) is 0 Å². The summed E-state index contributed by atoms with van der Waals surface area (Å²) in [7, 11) is 1.77. The van der Waals surface area contributed by atoms with Crippen molar-refractivity contribution in [3.8, 4) is 0 Å². The van der Waals surface area contributed by atoms with Gasteiger partial charge in [-0.3, -0.25) is 4.90 Å². The molecule has 0 radical (unpaired) electrons. The minimum atomic E-state index is 0. The van der Waals surface area contributed by atoms with Crippen molar-refractivity contribution in [2.45, 2.75) is 32.4 Å². The number of methoxy groups -OCH3 is 1. The maximum absolute atomic E-state index is 5.20. The first-order valence-electron chi connectivity index (χ1n) is 8.09. The maximum atomic E-state index is 5.20. The Balaban J connectivity index is 0.00000264. The minimum absolute atomic E-state index is 0. The van der Waals surface area contributed by atoms with Crippen LogP contribution in [0, 0.1) is 0 Å². The lowest BCUT2D eigenvalue weighted by atomic mass is 10.3. The van der Waals surface area contributed by atoms with E-state index in [1.54, 1.807) is 18.4 Å². The molecule has 132 valence electrons. The molecular weight excluding hydrogens is 423 g/mol. The van der Waals surface area contributed by atoms with E-state index in [0.29, 0.717) is 0 Å². The molecule has 1 aromatic heterocycles. The van der Waals surface area contributed by atoms with Crippen LogP contribution in [-0.4, -0.2) is 56.8 Å². The molecule has 0 spiro atoms. The lowest BCUT2D eigenvalue weighted by Crippen LogP contribution is -2.42. The summed E-state index contributed by atoms with van der Waals surface area (Å²) in [6.45, 7) is 7.48. The van der Waals surface area contributed by atoms with Gasteiger partial charge in [-0.2, -0.15) is 11.3 Å². The first-order chi connectivity index (χ1) is 10.8. The number of rotatable bonds is 10. The van der Waals surface area contributed by atoms with E-state index in [9.17, 15) is 0 Å². The highest BCUT2D eigenvalue weighted by Crippen LogP contribution is 2.25. The first-order valence-corrected chi connectivity index (χ1v) is 9.04. The molecule has 0 unspecified atom stereocenters. The van der Waals surface area contributed by atoms with Crippen molar-refractivity contribution >= 4 is 41.3 Å². The number of ether oxygens (including phenoxy) is 1. The summed E-state index contributed by atoms with van der Waals surface area (Å²) in [6, 6.07) is 2.89. The van der Waals surface area contributed by atoms with Crippen LogP contribution >= 0.6 is 35.3 Å². The normalized spacial score (nSPS) is 14.7. The molecule has 7 heteroatoms. The number of hydrogen-bond acceptors (Lipinski definition) is 4. The first kappa shape index (κ1) is 20.7. The lowest BCUT2D eigenvalue weighted by Gasteiger charge is -2.22. The monoisotopic (exact) mass is 452 g/mol. The predicted octanol–water partition coefficient (Wildman–Crippen LogP) is 2.53. The second-order valence-corrected chi connectivity index (χ2v) is 6.29. The van der Waals surface area contributed by atoms with Gasteiger partial charge in [0.2, 0.25) is 0 Å². The summed E-state index contributed by atoms with van der Waals surface area (Å²) in [6.07, 6.45) is 2.66. The summed E-state index contributed by atoms with van der Waals surface area (Å²) >= 11 is 1.72. The van der Waals surface area contributed by atoms with Gasteiger partial charge in [0.1, 0.15) is 0 Å². The number of guanidine groups is 1. The van der Waals surface area contributed by atoms with E-state index >= 15 is 0 Å². The zero-order valence-electron chi connectivity index (χ0n) is 14.1. The van der Waals surface area contributed by atoms with Crippen LogP contribution in [0.15, 0.2) is 21.8 Å². The molecule has 0 atom stereocenters. The molecule has 1 aliphatic carbocycles. The number of nitrogens with one attached hydrogen (secondary N) is 2. The second-order valence-electron chi connectivity index (χ2n) is 5.51. The topological polar surface area (TPSA) is 48.9 Å². The van der Waals surface area contributed by atoms with Crippen LogP contribution in [0.25, 0.3) is 0 Å². The van der Waals surface area contributed by atoms with E-state index in [4.69, 9.17) is 4.74 Å². The predicted molar refractivity (Wildman–Crippen MR) is 109 cm³/mol. The highest BCUT2D eigenvalue weighted by molar-refractivity contribution is 14.0. The Morgan fingerprint density at radius 3 is 2.83 bits per heavy atom. The Kier molecular flexibility index (Phi) is 10.8. The van der Waals surface area contributed by atoms with Crippen molar-refractivity contribution in [2.24, 2.45) is 4.99 Å². The zero-order valence-corrected chi connectivity index (χ0v) is 17.2. The smallest absolute Gasteiger partial charge is 0.191 e. The van der Waals surface area contributed by atoms with E-state index < -0.39 is 0 Å². The Labute approximate surface area is 160 Å². The average Bonchev–Trinajstić information content (AvgIpc) is 3.24. The van der Waals surface area contributed by atoms with Gasteiger partial charge in [0, 0.05) is 39.3 Å². The van der Waals surface area contributed by atoms with Crippen molar-refractivity contribution in [3.05, 3.63) is 22.4 Å². The van der Waals surface area contributed by atoms with Crippen LogP contribution in [-0.2, 0) is 11.3 Å². The molecule has 0 aromatic carbocycles. The summed E-state index contributed by atoms with van der Waals surface area (Å²) in [5.74, 6) is 0.899. The minimum Gasteiger partial charge on any atom is -0.383 e. The number of nitrogens with zero attached hydrogens (tertiary/aromatic N) is 2. The van der Waals surface area contributed by atoms with Crippen molar-refractivity contribution < 1.29 is 4.74 Å². The molecule has 1 aliphatic rings. The molecule has 23 heavy (non-hydrogen) atoms. The fourth-order valence-electron chi connectivity index (χ4n) is 2.34. The van der Waals surface area contributed by atoms with Gasteiger partial charge in [0.05, 0.1) is 13.2 Å². The molecule has 0 saturated heterocycles. The number of halogens is 1. The molecule has 0 amide bonds. The Hall–Kier alpha value is -0.380. The molecule has 2 rings (SSSR count). The quantitative estimate of drug-likeness (QED) is 0.326. The van der Waals surface area contributed by atoms with Crippen molar-refractivity contribution in [1.29, 1.82) is 0 Å². The van der Waals surface area contributed by atoms with Gasteiger partial charge in [-0.25, -0.2) is 4.99 Å². The largest absolute Gasteiger partial charge is 0.383 e. The highest BCUT2D eigenvalue weighted by Gasteiger charge is 2.28. The Morgan fingerprint density at radius 1 is 1.39 bits per heavy atom. The van der Waals surface area contributed by atoms with Gasteiger partial charge in [-0.1, -0.05) is 0 Å². The zero-order chi connectivity index (χ0) is 15.6. The van der Waals surface area contributed by atoms with Gasteiger partial charge >= 0.3 is 0 Å². The summed E-state index contributed by atoms with van der Waals surface area (Å²) in [4.78, 5) is 7.15. The van der Waals surface area contributed by atoms with Crippen LogP contribution in [0.3, 0.4) is 0 Å². The lowest BCUT2D eigenvalue weighted by molar-refractivity contribution is 0.144. The van der Waals surface area contributed by atoms with Crippen molar-refractivity contribution in [2.75, 3.05) is 39.9 Å². The summed E-state index contributed by atoms with van der Waals surface area (Å²) < 4.78 is 5.20. The van der Waals surface area contributed by atoms with Gasteiger partial charge in [0.15, 0.2) is 5.96 Å². The summed E-state index contributed by atoms with van der Waals surface area (Å²) in [5, 5.41) is 11.0. The van der Waals surface area contributed by atoms with E-state index in [2.05, 4.69) is 44.3 Å².